The quantitative estimate of drug-likeness (QED) is 0.844. The van der Waals surface area contributed by atoms with Gasteiger partial charge in [-0.1, -0.05) is 0 Å². The Morgan fingerprint density at radius 2 is 2.26 bits per heavy atom. The van der Waals surface area contributed by atoms with Gasteiger partial charge in [0, 0.05) is 31.9 Å². The lowest BCUT2D eigenvalue weighted by molar-refractivity contribution is -0.132. The molecule has 1 amide bonds. The van der Waals surface area contributed by atoms with Crippen LogP contribution in [0.3, 0.4) is 0 Å². The molecule has 0 fully saturated rings. The van der Waals surface area contributed by atoms with Crippen LogP contribution in [0.25, 0.3) is 0 Å². The third-order valence-corrected chi connectivity index (χ3v) is 5.17. The maximum Gasteiger partial charge on any atom is 0.227 e. The number of imidazole rings is 1. The Balaban J connectivity index is 1.64. The molecule has 0 unspecified atom stereocenters. The van der Waals surface area contributed by atoms with E-state index in [1.165, 1.54) is 0 Å². The van der Waals surface area contributed by atoms with Crippen LogP contribution < -0.4 is 0 Å². The number of hydrogen-bond acceptors (Lipinski definition) is 4. The maximum atomic E-state index is 12.4. The number of aromatic nitrogens is 2. The summed E-state index contributed by atoms with van der Waals surface area (Å²) >= 11 is 1.64. The third-order valence-electron chi connectivity index (χ3n) is 4.43. The van der Waals surface area contributed by atoms with Crippen LogP contribution >= 0.6 is 11.3 Å². The molecule has 1 aliphatic heterocycles. The lowest BCUT2D eigenvalue weighted by Gasteiger charge is -2.27. The first-order chi connectivity index (χ1) is 11.0. The van der Waals surface area contributed by atoms with Crippen molar-refractivity contribution in [1.29, 1.82) is 0 Å². The van der Waals surface area contributed by atoms with Crippen LogP contribution in [0, 0.1) is 0 Å². The molecule has 0 saturated heterocycles. The van der Waals surface area contributed by atoms with Crippen LogP contribution in [0.2, 0.25) is 0 Å². The van der Waals surface area contributed by atoms with Gasteiger partial charge in [0.25, 0.3) is 0 Å². The fourth-order valence-corrected chi connectivity index (χ4v) is 3.39. The summed E-state index contributed by atoms with van der Waals surface area (Å²) in [6, 6.07) is 2.52. The molecule has 23 heavy (non-hydrogen) atoms. The second-order valence-corrected chi connectivity index (χ2v) is 7.25. The molecular formula is C17H24N4OS. The van der Waals surface area contributed by atoms with Crippen LogP contribution in [0.1, 0.15) is 30.9 Å². The molecule has 3 heterocycles. The van der Waals surface area contributed by atoms with Gasteiger partial charge in [-0.2, -0.15) is 11.3 Å². The fraction of sp³-hybridized carbons (Fsp3) is 0.529. The van der Waals surface area contributed by atoms with Gasteiger partial charge in [-0.05, 0) is 43.3 Å². The number of thiophene rings is 1. The summed E-state index contributed by atoms with van der Waals surface area (Å²) in [4.78, 5) is 21.4. The van der Waals surface area contributed by atoms with Crippen LogP contribution in [-0.4, -0.2) is 44.9 Å². The number of hydrogen-bond donors (Lipinski definition) is 0. The van der Waals surface area contributed by atoms with E-state index in [0.717, 1.165) is 36.7 Å². The summed E-state index contributed by atoms with van der Waals surface area (Å²) in [6.07, 6.45) is 2.63. The first kappa shape index (κ1) is 16.2. The molecule has 0 radical (unpaired) electrons. The first-order valence-electron chi connectivity index (χ1n) is 8.07. The Labute approximate surface area is 141 Å². The Kier molecular flexibility index (Phi) is 4.82. The van der Waals surface area contributed by atoms with E-state index in [-0.39, 0.29) is 5.91 Å². The minimum atomic E-state index is 0.193. The summed E-state index contributed by atoms with van der Waals surface area (Å²) in [7, 11) is 2.11. The maximum absolute atomic E-state index is 12.4. The van der Waals surface area contributed by atoms with Gasteiger partial charge < -0.3 is 9.47 Å². The molecule has 0 saturated carbocycles. The van der Waals surface area contributed by atoms with Crippen molar-refractivity contribution in [2.75, 3.05) is 13.6 Å². The predicted octanol–water partition coefficient (Wildman–Crippen LogP) is 2.37. The number of carbonyl (C=O) groups is 1. The first-order valence-corrected chi connectivity index (χ1v) is 9.01. The third kappa shape index (κ3) is 3.82. The molecule has 0 atom stereocenters. The van der Waals surface area contributed by atoms with Crippen molar-refractivity contribution < 1.29 is 4.79 Å². The molecule has 2 aromatic rings. The van der Waals surface area contributed by atoms with Crippen molar-refractivity contribution in [3.63, 3.8) is 0 Å². The summed E-state index contributed by atoms with van der Waals surface area (Å²) in [5, 5.41) is 4.06. The smallest absolute Gasteiger partial charge is 0.227 e. The standard InChI is InChI=1S/C17H24N4OS/c1-13(2)19(3)9-15-10-20-5-6-21(11-16(20)18-15)17(22)8-14-4-7-23-12-14/h4,7,10,12-13H,5-6,8-9,11H2,1-3H3. The molecule has 124 valence electrons. The molecule has 1 aliphatic rings. The average Bonchev–Trinajstić information content (AvgIpc) is 3.14. The van der Waals surface area contributed by atoms with Gasteiger partial charge in [-0.3, -0.25) is 9.69 Å². The second-order valence-electron chi connectivity index (χ2n) is 6.47. The van der Waals surface area contributed by atoms with Crippen molar-refractivity contribution in [3.05, 3.63) is 40.1 Å². The Morgan fingerprint density at radius 3 is 2.96 bits per heavy atom. The minimum absolute atomic E-state index is 0.193. The lowest BCUT2D eigenvalue weighted by Crippen LogP contribution is -2.39. The van der Waals surface area contributed by atoms with Crippen molar-refractivity contribution >= 4 is 17.2 Å². The highest BCUT2D eigenvalue weighted by molar-refractivity contribution is 7.07. The SMILES string of the molecule is CC(C)N(C)Cc1cn2c(n1)CN(C(=O)Cc1ccsc1)CC2. The topological polar surface area (TPSA) is 41.4 Å². The monoisotopic (exact) mass is 332 g/mol. The summed E-state index contributed by atoms with van der Waals surface area (Å²) in [6.45, 7) is 7.44. The largest absolute Gasteiger partial charge is 0.333 e. The molecule has 3 rings (SSSR count). The van der Waals surface area contributed by atoms with E-state index in [9.17, 15) is 4.79 Å². The minimum Gasteiger partial charge on any atom is -0.333 e. The molecule has 0 aliphatic carbocycles. The lowest BCUT2D eigenvalue weighted by atomic mass is 10.2. The highest BCUT2D eigenvalue weighted by atomic mass is 32.1. The average molecular weight is 332 g/mol. The fourth-order valence-electron chi connectivity index (χ4n) is 2.72. The van der Waals surface area contributed by atoms with Crippen LogP contribution in [0.4, 0.5) is 0 Å². The van der Waals surface area contributed by atoms with Gasteiger partial charge in [-0.25, -0.2) is 4.98 Å². The normalized spacial score (nSPS) is 14.6. The van der Waals surface area contributed by atoms with E-state index in [4.69, 9.17) is 4.98 Å². The van der Waals surface area contributed by atoms with E-state index in [1.54, 1.807) is 11.3 Å². The van der Waals surface area contributed by atoms with Crippen molar-refractivity contribution in [2.45, 2.75) is 45.9 Å². The number of rotatable bonds is 5. The van der Waals surface area contributed by atoms with Crippen molar-refractivity contribution in [3.8, 4) is 0 Å². The number of nitrogens with zero attached hydrogens (tertiary/aromatic N) is 4. The molecule has 0 bridgehead atoms. The zero-order chi connectivity index (χ0) is 16.4. The van der Waals surface area contributed by atoms with E-state index in [0.29, 0.717) is 19.0 Å². The van der Waals surface area contributed by atoms with E-state index in [2.05, 4.69) is 36.6 Å². The Hall–Kier alpha value is -1.66. The Morgan fingerprint density at radius 1 is 1.43 bits per heavy atom. The highest BCUT2D eigenvalue weighted by Crippen LogP contribution is 2.16. The zero-order valence-electron chi connectivity index (χ0n) is 14.0. The summed E-state index contributed by atoms with van der Waals surface area (Å²) in [5.41, 5.74) is 2.19. The predicted molar refractivity (Wildman–Crippen MR) is 92.3 cm³/mol. The van der Waals surface area contributed by atoms with Gasteiger partial charge in [0.05, 0.1) is 18.7 Å². The zero-order valence-corrected chi connectivity index (χ0v) is 14.8. The Bertz CT molecular complexity index is 662. The number of carbonyl (C=O) groups excluding carboxylic acids is 1. The number of amides is 1. The second kappa shape index (κ2) is 6.84. The number of fused-ring (bicyclic) bond motifs is 1. The highest BCUT2D eigenvalue weighted by Gasteiger charge is 2.23. The van der Waals surface area contributed by atoms with E-state index < -0.39 is 0 Å². The van der Waals surface area contributed by atoms with Crippen LogP contribution in [0.15, 0.2) is 23.0 Å². The van der Waals surface area contributed by atoms with Gasteiger partial charge in [0.1, 0.15) is 5.82 Å². The van der Waals surface area contributed by atoms with Crippen LogP contribution in [-0.2, 0) is 30.8 Å². The van der Waals surface area contributed by atoms with E-state index >= 15 is 0 Å². The van der Waals surface area contributed by atoms with Gasteiger partial charge in [0.2, 0.25) is 5.91 Å². The molecule has 0 aromatic carbocycles. The molecule has 2 aromatic heterocycles. The summed E-state index contributed by atoms with van der Waals surface area (Å²) in [5.74, 6) is 1.19. The van der Waals surface area contributed by atoms with Crippen molar-refractivity contribution in [1.82, 2.24) is 19.4 Å². The van der Waals surface area contributed by atoms with E-state index in [1.807, 2.05) is 21.7 Å². The molecule has 5 nitrogen and oxygen atoms in total. The van der Waals surface area contributed by atoms with Gasteiger partial charge >= 0.3 is 0 Å². The molecular weight excluding hydrogens is 308 g/mol. The van der Waals surface area contributed by atoms with Crippen LogP contribution in [0.5, 0.6) is 0 Å². The summed E-state index contributed by atoms with van der Waals surface area (Å²) < 4.78 is 2.19. The molecule has 6 heteroatoms. The molecule has 0 N–H and O–H groups in total. The molecule has 0 spiro atoms. The van der Waals surface area contributed by atoms with Gasteiger partial charge in [-0.15, -0.1) is 0 Å². The van der Waals surface area contributed by atoms with Crippen molar-refractivity contribution in [2.24, 2.45) is 0 Å². The van der Waals surface area contributed by atoms with Gasteiger partial charge in [0.15, 0.2) is 0 Å².